The summed E-state index contributed by atoms with van der Waals surface area (Å²) in [7, 11) is 0. The van der Waals surface area contributed by atoms with Gasteiger partial charge in [0, 0.05) is 30.0 Å². The molecule has 0 atom stereocenters. The molecule has 1 aromatic rings. The van der Waals surface area contributed by atoms with Crippen LogP contribution in [0.5, 0.6) is 0 Å². The van der Waals surface area contributed by atoms with Gasteiger partial charge in [-0.2, -0.15) is 0 Å². The van der Waals surface area contributed by atoms with Crippen molar-refractivity contribution in [1.29, 1.82) is 0 Å². The van der Waals surface area contributed by atoms with E-state index < -0.39 is 11.9 Å². The number of aliphatic carboxylic acids is 1. The molecule has 21 heavy (non-hydrogen) atoms. The largest absolute Gasteiger partial charge is 0.545 e. The Labute approximate surface area is 123 Å². The Morgan fingerprint density at radius 2 is 1.86 bits per heavy atom. The SMILES string of the molecule is C/C(=C/C(=O)[O-])C(=O)Nc1ccc(N2CCOCC2)cc1. The number of ether oxygens (including phenoxy) is 1. The Balaban J connectivity index is 1.99. The number of hydrogen-bond acceptors (Lipinski definition) is 5. The molecule has 0 spiro atoms. The highest BCUT2D eigenvalue weighted by atomic mass is 16.5. The molecule has 1 N–H and O–H groups in total. The fraction of sp³-hybridized carbons (Fsp3) is 0.333. The van der Waals surface area contributed by atoms with Gasteiger partial charge in [0.25, 0.3) is 5.91 Å². The Bertz CT molecular complexity index is 545. The number of carboxylic acids is 1. The van der Waals surface area contributed by atoms with Gasteiger partial charge in [-0.25, -0.2) is 0 Å². The van der Waals surface area contributed by atoms with Crippen LogP contribution in [0.3, 0.4) is 0 Å². The van der Waals surface area contributed by atoms with Gasteiger partial charge in [0.15, 0.2) is 0 Å². The second-order valence-corrected chi connectivity index (χ2v) is 4.75. The number of morpholine rings is 1. The summed E-state index contributed by atoms with van der Waals surface area (Å²) in [6.45, 7) is 4.54. The van der Waals surface area contributed by atoms with Crippen LogP contribution in [0.2, 0.25) is 0 Å². The fourth-order valence-corrected chi connectivity index (χ4v) is 2.05. The van der Waals surface area contributed by atoms with Crippen molar-refractivity contribution < 1.29 is 19.4 Å². The maximum absolute atomic E-state index is 11.7. The summed E-state index contributed by atoms with van der Waals surface area (Å²) in [5.41, 5.74) is 1.77. The molecule has 2 rings (SSSR count). The normalized spacial score (nSPS) is 15.7. The van der Waals surface area contributed by atoms with Crippen molar-refractivity contribution in [3.63, 3.8) is 0 Å². The molecule has 0 bridgehead atoms. The maximum Gasteiger partial charge on any atom is 0.251 e. The second kappa shape index (κ2) is 6.90. The minimum absolute atomic E-state index is 0.0901. The predicted octanol–water partition coefficient (Wildman–Crippen LogP) is 0.158. The minimum atomic E-state index is -1.38. The van der Waals surface area contributed by atoms with Crippen molar-refractivity contribution >= 4 is 23.3 Å². The highest BCUT2D eigenvalue weighted by Crippen LogP contribution is 2.19. The van der Waals surface area contributed by atoms with Crippen LogP contribution >= 0.6 is 0 Å². The molecular formula is C15H17N2O4-. The summed E-state index contributed by atoms with van der Waals surface area (Å²) in [5.74, 6) is -1.84. The van der Waals surface area contributed by atoms with Crippen molar-refractivity contribution in [3.8, 4) is 0 Å². The summed E-state index contributed by atoms with van der Waals surface area (Å²) in [6.07, 6.45) is 0.775. The molecule has 1 aliphatic rings. The van der Waals surface area contributed by atoms with Crippen LogP contribution in [0.1, 0.15) is 6.92 Å². The van der Waals surface area contributed by atoms with Crippen LogP contribution in [0, 0.1) is 0 Å². The number of amides is 1. The summed E-state index contributed by atoms with van der Waals surface area (Å²) in [6, 6.07) is 7.40. The van der Waals surface area contributed by atoms with Gasteiger partial charge in [0.2, 0.25) is 0 Å². The first-order valence-corrected chi connectivity index (χ1v) is 6.69. The van der Waals surface area contributed by atoms with Crippen molar-refractivity contribution in [1.82, 2.24) is 0 Å². The summed E-state index contributed by atoms with van der Waals surface area (Å²) >= 11 is 0. The lowest BCUT2D eigenvalue weighted by Gasteiger charge is -2.28. The summed E-state index contributed by atoms with van der Waals surface area (Å²) in [4.78, 5) is 24.3. The van der Waals surface area contributed by atoms with Gasteiger partial charge in [0.1, 0.15) is 0 Å². The quantitative estimate of drug-likeness (QED) is 0.798. The number of carboxylic acid groups (broad SMARTS) is 1. The van der Waals surface area contributed by atoms with E-state index in [0.29, 0.717) is 18.9 Å². The van der Waals surface area contributed by atoms with Crippen LogP contribution in [0.15, 0.2) is 35.9 Å². The topological polar surface area (TPSA) is 81.7 Å². The van der Waals surface area contributed by atoms with Gasteiger partial charge >= 0.3 is 0 Å². The van der Waals surface area contributed by atoms with Crippen LogP contribution in [-0.2, 0) is 14.3 Å². The van der Waals surface area contributed by atoms with E-state index in [1.165, 1.54) is 6.92 Å². The standard InChI is InChI=1S/C15H18N2O4/c1-11(10-14(18)19)15(20)16-12-2-4-13(5-3-12)17-6-8-21-9-7-17/h2-5,10H,6-9H2,1H3,(H,16,20)(H,18,19)/p-1/b11-10-. The van der Waals surface area contributed by atoms with Crippen LogP contribution in [0.4, 0.5) is 11.4 Å². The number of nitrogens with zero attached hydrogens (tertiary/aromatic N) is 1. The molecule has 1 aliphatic heterocycles. The number of benzene rings is 1. The summed E-state index contributed by atoms with van der Waals surface area (Å²) in [5, 5.41) is 13.0. The Morgan fingerprint density at radius 1 is 1.24 bits per heavy atom. The maximum atomic E-state index is 11.7. The fourth-order valence-electron chi connectivity index (χ4n) is 2.05. The van der Waals surface area contributed by atoms with Gasteiger partial charge < -0.3 is 24.9 Å². The van der Waals surface area contributed by atoms with E-state index >= 15 is 0 Å². The zero-order valence-electron chi connectivity index (χ0n) is 11.8. The number of rotatable bonds is 4. The molecule has 1 heterocycles. The van der Waals surface area contributed by atoms with E-state index in [9.17, 15) is 14.7 Å². The van der Waals surface area contributed by atoms with Crippen molar-refractivity contribution in [2.45, 2.75) is 6.92 Å². The molecule has 0 aromatic heterocycles. The van der Waals surface area contributed by atoms with E-state index in [1.807, 2.05) is 12.1 Å². The molecule has 1 aromatic carbocycles. The molecule has 1 amide bonds. The van der Waals surface area contributed by atoms with E-state index in [0.717, 1.165) is 24.9 Å². The van der Waals surface area contributed by atoms with Gasteiger partial charge in [-0.05, 0) is 37.3 Å². The zero-order chi connectivity index (χ0) is 15.2. The molecular weight excluding hydrogens is 272 g/mol. The third-order valence-corrected chi connectivity index (χ3v) is 3.19. The first kappa shape index (κ1) is 15.1. The van der Waals surface area contributed by atoms with Crippen molar-refractivity contribution in [2.75, 3.05) is 36.5 Å². The Kier molecular flexibility index (Phi) is 4.94. The monoisotopic (exact) mass is 289 g/mol. The van der Waals surface area contributed by atoms with Gasteiger partial charge in [-0.1, -0.05) is 0 Å². The smallest absolute Gasteiger partial charge is 0.251 e. The first-order chi connectivity index (χ1) is 10.1. The molecule has 0 aliphatic carbocycles. The Hall–Kier alpha value is -2.34. The van der Waals surface area contributed by atoms with E-state index in [1.54, 1.807) is 12.1 Å². The average molecular weight is 289 g/mol. The van der Waals surface area contributed by atoms with Crippen LogP contribution in [-0.4, -0.2) is 38.2 Å². The lowest BCUT2D eigenvalue weighted by atomic mass is 10.2. The lowest BCUT2D eigenvalue weighted by molar-refractivity contribution is -0.297. The Morgan fingerprint density at radius 3 is 2.43 bits per heavy atom. The van der Waals surface area contributed by atoms with Gasteiger partial charge in [-0.15, -0.1) is 0 Å². The van der Waals surface area contributed by atoms with Crippen LogP contribution in [0.25, 0.3) is 0 Å². The number of carbonyl (C=O) groups is 2. The molecule has 0 radical (unpaired) electrons. The third-order valence-electron chi connectivity index (χ3n) is 3.19. The second-order valence-electron chi connectivity index (χ2n) is 4.75. The molecule has 6 heteroatoms. The molecule has 6 nitrogen and oxygen atoms in total. The minimum Gasteiger partial charge on any atom is -0.545 e. The summed E-state index contributed by atoms with van der Waals surface area (Å²) < 4.78 is 5.30. The van der Waals surface area contributed by atoms with E-state index in [2.05, 4.69) is 10.2 Å². The molecule has 1 fully saturated rings. The molecule has 1 saturated heterocycles. The lowest BCUT2D eigenvalue weighted by Crippen LogP contribution is -2.36. The average Bonchev–Trinajstić information content (AvgIpc) is 2.48. The third kappa shape index (κ3) is 4.32. The number of nitrogens with one attached hydrogen (secondary N) is 1. The first-order valence-electron chi connectivity index (χ1n) is 6.69. The molecule has 0 saturated carbocycles. The number of hydrogen-bond donors (Lipinski definition) is 1. The predicted molar refractivity (Wildman–Crippen MR) is 76.9 cm³/mol. The highest BCUT2D eigenvalue weighted by molar-refractivity contribution is 6.06. The number of anilines is 2. The molecule has 0 unspecified atom stereocenters. The van der Waals surface area contributed by atoms with Crippen molar-refractivity contribution in [2.24, 2.45) is 0 Å². The molecule has 112 valence electrons. The van der Waals surface area contributed by atoms with E-state index in [4.69, 9.17) is 4.74 Å². The van der Waals surface area contributed by atoms with Gasteiger partial charge in [-0.3, -0.25) is 4.79 Å². The van der Waals surface area contributed by atoms with Crippen molar-refractivity contribution in [3.05, 3.63) is 35.9 Å². The van der Waals surface area contributed by atoms with Crippen LogP contribution < -0.4 is 15.3 Å². The van der Waals surface area contributed by atoms with Gasteiger partial charge in [0.05, 0.1) is 19.2 Å². The zero-order valence-corrected chi connectivity index (χ0v) is 11.8. The highest BCUT2D eigenvalue weighted by Gasteiger charge is 2.11. The van der Waals surface area contributed by atoms with E-state index in [-0.39, 0.29) is 5.57 Å². The number of carbonyl (C=O) groups excluding carboxylic acids is 2.